The number of amides is 1. The van der Waals surface area contributed by atoms with Crippen LogP contribution < -0.4 is 5.73 Å². The summed E-state index contributed by atoms with van der Waals surface area (Å²) < 4.78 is 0. The molecule has 1 aliphatic rings. The maximum absolute atomic E-state index is 13.0. The lowest BCUT2D eigenvalue weighted by Crippen LogP contribution is -2.58. The van der Waals surface area contributed by atoms with Crippen LogP contribution in [0.3, 0.4) is 0 Å². The predicted molar refractivity (Wildman–Crippen MR) is 87.6 cm³/mol. The first-order valence-corrected chi connectivity index (χ1v) is 8.29. The van der Waals surface area contributed by atoms with E-state index in [-0.39, 0.29) is 11.9 Å². The minimum absolute atomic E-state index is 0.103. The molecule has 0 atom stereocenters. The van der Waals surface area contributed by atoms with Gasteiger partial charge < -0.3 is 10.6 Å². The van der Waals surface area contributed by atoms with Crippen LogP contribution in [0, 0.1) is 11.3 Å². The second-order valence-electron chi connectivity index (χ2n) is 6.07. The summed E-state index contributed by atoms with van der Waals surface area (Å²) in [6.45, 7) is 6.87. The molecule has 0 saturated heterocycles. The zero-order chi connectivity index (χ0) is 14.9. The number of rotatable bonds is 5. The molecule has 1 aliphatic carbocycles. The molecule has 1 aromatic heterocycles. The van der Waals surface area contributed by atoms with Crippen molar-refractivity contribution in [3.8, 4) is 0 Å². The highest BCUT2D eigenvalue weighted by Crippen LogP contribution is 2.47. The third-order valence-electron chi connectivity index (χ3n) is 4.07. The Hall–Kier alpha value is -0.940. The number of hydrogen-bond acceptors (Lipinski definition) is 3. The smallest absolute Gasteiger partial charge is 0.236 e. The molecule has 0 unspecified atom stereocenters. The largest absolute Gasteiger partial charge is 0.392 e. The van der Waals surface area contributed by atoms with E-state index in [1.807, 2.05) is 30.2 Å². The Bertz CT molecular complexity index is 490. The predicted octanol–water partition coefficient (Wildman–Crippen LogP) is 3.19. The summed E-state index contributed by atoms with van der Waals surface area (Å²) in [4.78, 5) is 16.4. The number of carbonyl (C=O) groups excluding carboxylic acids is 1. The van der Waals surface area contributed by atoms with E-state index < -0.39 is 5.41 Å². The van der Waals surface area contributed by atoms with E-state index >= 15 is 0 Å². The van der Waals surface area contributed by atoms with Crippen molar-refractivity contribution in [3.05, 3.63) is 22.4 Å². The van der Waals surface area contributed by atoms with E-state index in [0.29, 0.717) is 17.5 Å². The third kappa shape index (κ3) is 2.74. The number of thiocarbonyl (C=S) groups is 1. The van der Waals surface area contributed by atoms with Gasteiger partial charge in [0.1, 0.15) is 0 Å². The number of hydrogen-bond donors (Lipinski definition) is 1. The molecule has 20 heavy (non-hydrogen) atoms. The molecule has 1 heterocycles. The first kappa shape index (κ1) is 15.4. The number of nitrogens with two attached hydrogens (primary N) is 1. The summed E-state index contributed by atoms with van der Waals surface area (Å²) in [5.74, 6) is 0.628. The lowest BCUT2D eigenvalue weighted by Gasteiger charge is -2.47. The standard InChI is InChI=1S/C15H22N2OS2/c1-10(2)17(9-12-5-4-6-20-12)14(18)15(13(16)19)7-11(3)8-15/h4-6,10-11H,7-9H2,1-3H3,(H2,16,19). The molecule has 2 rings (SSSR count). The summed E-state index contributed by atoms with van der Waals surface area (Å²) in [5, 5.41) is 2.03. The maximum Gasteiger partial charge on any atom is 0.236 e. The number of nitrogens with zero attached hydrogens (tertiary/aromatic N) is 1. The maximum atomic E-state index is 13.0. The van der Waals surface area contributed by atoms with Gasteiger partial charge in [-0.2, -0.15) is 0 Å². The Morgan fingerprint density at radius 1 is 1.60 bits per heavy atom. The first-order chi connectivity index (χ1) is 9.36. The summed E-state index contributed by atoms with van der Waals surface area (Å²) >= 11 is 6.87. The Balaban J connectivity index is 2.20. The van der Waals surface area contributed by atoms with Gasteiger partial charge in [0.15, 0.2) is 0 Å². The minimum Gasteiger partial charge on any atom is -0.392 e. The van der Waals surface area contributed by atoms with Gasteiger partial charge in [0.05, 0.1) is 16.9 Å². The lowest BCUT2D eigenvalue weighted by molar-refractivity contribution is -0.146. The Morgan fingerprint density at radius 2 is 2.25 bits per heavy atom. The van der Waals surface area contributed by atoms with Crippen molar-refractivity contribution in [2.45, 2.75) is 46.2 Å². The summed E-state index contributed by atoms with van der Waals surface area (Å²) in [6.07, 6.45) is 1.57. The van der Waals surface area contributed by atoms with Gasteiger partial charge in [-0.15, -0.1) is 11.3 Å². The van der Waals surface area contributed by atoms with Gasteiger partial charge in [-0.3, -0.25) is 4.79 Å². The highest BCUT2D eigenvalue weighted by Gasteiger charge is 2.52. The second kappa shape index (κ2) is 5.82. The van der Waals surface area contributed by atoms with Gasteiger partial charge in [-0.25, -0.2) is 0 Å². The molecule has 0 radical (unpaired) electrons. The molecule has 1 saturated carbocycles. The molecule has 1 amide bonds. The normalized spacial score (nSPS) is 25.3. The minimum atomic E-state index is -0.601. The van der Waals surface area contributed by atoms with Gasteiger partial charge in [0.2, 0.25) is 5.91 Å². The van der Waals surface area contributed by atoms with Gasteiger partial charge in [-0.05, 0) is 44.1 Å². The highest BCUT2D eigenvalue weighted by molar-refractivity contribution is 7.80. The van der Waals surface area contributed by atoms with Crippen LogP contribution in [0.1, 0.15) is 38.5 Å². The lowest BCUT2D eigenvalue weighted by atomic mass is 9.61. The van der Waals surface area contributed by atoms with Crippen LogP contribution in [-0.4, -0.2) is 21.8 Å². The van der Waals surface area contributed by atoms with Crippen molar-refractivity contribution < 1.29 is 4.79 Å². The molecule has 3 nitrogen and oxygen atoms in total. The summed E-state index contributed by atoms with van der Waals surface area (Å²) in [5.41, 5.74) is 5.29. The Kier molecular flexibility index (Phi) is 4.49. The van der Waals surface area contributed by atoms with Crippen LogP contribution in [0.5, 0.6) is 0 Å². The molecule has 1 fully saturated rings. The van der Waals surface area contributed by atoms with Crippen LogP contribution in [0.15, 0.2) is 17.5 Å². The molecule has 5 heteroatoms. The average Bonchev–Trinajstić information content (AvgIpc) is 2.83. The molecule has 1 aromatic rings. The molecule has 0 bridgehead atoms. The van der Waals surface area contributed by atoms with E-state index in [9.17, 15) is 4.79 Å². The van der Waals surface area contributed by atoms with E-state index in [0.717, 1.165) is 12.8 Å². The van der Waals surface area contributed by atoms with E-state index in [2.05, 4.69) is 13.0 Å². The SMILES string of the molecule is CC1CC(C(=O)N(Cc2cccs2)C(C)C)(C(N)=S)C1. The molecule has 0 spiro atoms. The number of thiophene rings is 1. The van der Waals surface area contributed by atoms with E-state index in [1.54, 1.807) is 11.3 Å². The Morgan fingerprint density at radius 3 is 2.65 bits per heavy atom. The fourth-order valence-electron chi connectivity index (χ4n) is 2.95. The average molecular weight is 310 g/mol. The van der Waals surface area contributed by atoms with Crippen LogP contribution in [0.2, 0.25) is 0 Å². The second-order valence-corrected chi connectivity index (χ2v) is 7.54. The molecule has 0 aromatic carbocycles. The van der Waals surface area contributed by atoms with Gasteiger partial charge >= 0.3 is 0 Å². The van der Waals surface area contributed by atoms with Gasteiger partial charge in [0.25, 0.3) is 0 Å². The quantitative estimate of drug-likeness (QED) is 0.850. The zero-order valence-electron chi connectivity index (χ0n) is 12.3. The van der Waals surface area contributed by atoms with Crippen LogP contribution >= 0.6 is 23.6 Å². The van der Waals surface area contributed by atoms with Gasteiger partial charge in [0, 0.05) is 10.9 Å². The fourth-order valence-corrected chi connectivity index (χ4v) is 3.90. The van der Waals surface area contributed by atoms with Crippen molar-refractivity contribution in [1.29, 1.82) is 0 Å². The molecule has 110 valence electrons. The van der Waals surface area contributed by atoms with E-state index in [4.69, 9.17) is 18.0 Å². The van der Waals surface area contributed by atoms with Crippen molar-refractivity contribution in [3.63, 3.8) is 0 Å². The van der Waals surface area contributed by atoms with Crippen LogP contribution in [0.25, 0.3) is 0 Å². The zero-order valence-corrected chi connectivity index (χ0v) is 13.9. The Labute approximate surface area is 130 Å². The molecule has 0 aliphatic heterocycles. The summed E-state index contributed by atoms with van der Waals surface area (Å²) in [6, 6.07) is 4.22. The molecular formula is C15H22N2OS2. The van der Waals surface area contributed by atoms with Crippen LogP contribution in [-0.2, 0) is 11.3 Å². The third-order valence-corrected chi connectivity index (χ3v) is 5.32. The fraction of sp³-hybridized carbons (Fsp3) is 0.600. The van der Waals surface area contributed by atoms with Crippen molar-refractivity contribution >= 4 is 34.5 Å². The topological polar surface area (TPSA) is 46.3 Å². The number of carbonyl (C=O) groups is 1. The monoisotopic (exact) mass is 310 g/mol. The van der Waals surface area contributed by atoms with Crippen molar-refractivity contribution in [2.75, 3.05) is 0 Å². The van der Waals surface area contributed by atoms with Crippen LogP contribution in [0.4, 0.5) is 0 Å². The summed E-state index contributed by atoms with van der Waals surface area (Å²) in [7, 11) is 0. The highest BCUT2D eigenvalue weighted by atomic mass is 32.1. The molecule has 2 N–H and O–H groups in total. The van der Waals surface area contributed by atoms with Crippen molar-refractivity contribution in [1.82, 2.24) is 4.90 Å². The molecular weight excluding hydrogens is 288 g/mol. The van der Waals surface area contributed by atoms with Crippen molar-refractivity contribution in [2.24, 2.45) is 17.1 Å². The first-order valence-electron chi connectivity index (χ1n) is 7.00. The van der Waals surface area contributed by atoms with E-state index in [1.165, 1.54) is 4.88 Å². The van der Waals surface area contributed by atoms with Gasteiger partial charge in [-0.1, -0.05) is 25.2 Å².